The molecule has 1 aromatic carbocycles. The zero-order valence-corrected chi connectivity index (χ0v) is 13.3. The molecule has 0 spiro atoms. The first kappa shape index (κ1) is 15.6. The van der Waals surface area contributed by atoms with Gasteiger partial charge in [-0.3, -0.25) is 0 Å². The highest BCUT2D eigenvalue weighted by Gasteiger charge is 2.17. The Morgan fingerprint density at radius 1 is 1.40 bits per heavy atom. The Bertz CT molecular complexity index is 595. The summed E-state index contributed by atoms with van der Waals surface area (Å²) in [4.78, 5) is 4.51. The lowest BCUT2D eigenvalue weighted by Gasteiger charge is -2.17. The summed E-state index contributed by atoms with van der Waals surface area (Å²) in [6, 6.07) is 3.37. The number of rotatable bonds is 6. The molecule has 20 heavy (non-hydrogen) atoms. The van der Waals surface area contributed by atoms with Gasteiger partial charge in [-0.25, -0.2) is 9.37 Å². The molecule has 2 nitrogen and oxygen atoms in total. The van der Waals surface area contributed by atoms with Crippen molar-refractivity contribution in [3.8, 4) is 0 Å². The summed E-state index contributed by atoms with van der Waals surface area (Å²) in [5, 5.41) is 0.138. The average Bonchev–Trinajstić information content (AvgIpc) is 2.74. The van der Waals surface area contributed by atoms with Gasteiger partial charge in [-0.2, -0.15) is 0 Å². The molecule has 0 N–H and O–H groups in total. The van der Waals surface area contributed by atoms with Gasteiger partial charge in [0.25, 0.3) is 0 Å². The van der Waals surface area contributed by atoms with E-state index >= 15 is 0 Å². The molecule has 0 aliphatic carbocycles. The number of alkyl halides is 1. The standard InChI is InChI=1S/C15H19Cl2FN2/c1-3-4-5-10(2)20-14-8-11(17)12(18)9-13(14)19-15(20)6-7-16/h8-10H,3-7H2,1-2H3. The van der Waals surface area contributed by atoms with Crippen LogP contribution in [-0.2, 0) is 6.42 Å². The van der Waals surface area contributed by atoms with Crippen molar-refractivity contribution in [1.29, 1.82) is 0 Å². The van der Waals surface area contributed by atoms with Crippen LogP contribution in [0.2, 0.25) is 5.02 Å². The lowest BCUT2D eigenvalue weighted by molar-refractivity contribution is 0.482. The predicted molar refractivity (Wildman–Crippen MR) is 83.4 cm³/mol. The second-order valence-electron chi connectivity index (χ2n) is 5.08. The normalized spacial score (nSPS) is 13.1. The molecule has 0 saturated heterocycles. The molecule has 1 aromatic heterocycles. The van der Waals surface area contributed by atoms with Crippen LogP contribution in [0.3, 0.4) is 0 Å². The first-order valence-electron chi connectivity index (χ1n) is 7.00. The average molecular weight is 317 g/mol. The highest BCUT2D eigenvalue weighted by atomic mass is 35.5. The van der Waals surface area contributed by atoms with Crippen LogP contribution >= 0.6 is 23.2 Å². The number of unbranched alkanes of at least 4 members (excludes halogenated alkanes) is 1. The van der Waals surface area contributed by atoms with Crippen molar-refractivity contribution in [3.05, 3.63) is 28.8 Å². The van der Waals surface area contributed by atoms with Gasteiger partial charge < -0.3 is 4.57 Å². The van der Waals surface area contributed by atoms with Crippen molar-refractivity contribution >= 4 is 34.2 Å². The molecule has 0 bridgehead atoms. The quantitative estimate of drug-likeness (QED) is 0.656. The van der Waals surface area contributed by atoms with Gasteiger partial charge in [-0.05, 0) is 19.4 Å². The Morgan fingerprint density at radius 3 is 2.80 bits per heavy atom. The highest BCUT2D eigenvalue weighted by Crippen LogP contribution is 2.28. The zero-order valence-electron chi connectivity index (χ0n) is 11.8. The van der Waals surface area contributed by atoms with E-state index in [0.717, 1.165) is 30.6 Å². The maximum Gasteiger partial charge on any atom is 0.144 e. The van der Waals surface area contributed by atoms with E-state index in [1.807, 2.05) is 0 Å². The van der Waals surface area contributed by atoms with Crippen LogP contribution in [0.5, 0.6) is 0 Å². The minimum absolute atomic E-state index is 0.138. The third-order valence-corrected chi connectivity index (χ3v) is 4.02. The van der Waals surface area contributed by atoms with Crippen molar-refractivity contribution in [2.45, 2.75) is 45.6 Å². The molecule has 5 heteroatoms. The second-order valence-corrected chi connectivity index (χ2v) is 5.87. The fourth-order valence-corrected chi connectivity index (χ4v) is 2.85. The number of imidazole rings is 1. The summed E-state index contributed by atoms with van der Waals surface area (Å²) >= 11 is 11.8. The monoisotopic (exact) mass is 316 g/mol. The number of hydrogen-bond donors (Lipinski definition) is 0. The Labute approximate surface area is 128 Å². The SMILES string of the molecule is CCCCC(C)n1c(CCCl)nc2cc(F)c(Cl)cc21. The van der Waals surface area contributed by atoms with Crippen LogP contribution in [0.4, 0.5) is 4.39 Å². The predicted octanol–water partition coefficient (Wildman–Crippen LogP) is 5.36. The lowest BCUT2D eigenvalue weighted by Crippen LogP contribution is -2.10. The number of hydrogen-bond acceptors (Lipinski definition) is 1. The van der Waals surface area contributed by atoms with Crippen molar-refractivity contribution in [2.75, 3.05) is 5.88 Å². The molecule has 2 rings (SSSR count). The minimum atomic E-state index is -0.428. The van der Waals surface area contributed by atoms with Crippen LogP contribution in [0.1, 0.15) is 45.0 Å². The molecule has 0 amide bonds. The number of aromatic nitrogens is 2. The molecule has 110 valence electrons. The summed E-state index contributed by atoms with van der Waals surface area (Å²) in [5.74, 6) is 0.975. The number of benzene rings is 1. The smallest absolute Gasteiger partial charge is 0.144 e. The summed E-state index contributed by atoms with van der Waals surface area (Å²) in [5.41, 5.74) is 1.54. The maximum atomic E-state index is 13.6. The van der Waals surface area contributed by atoms with E-state index in [-0.39, 0.29) is 5.02 Å². The van der Waals surface area contributed by atoms with Crippen molar-refractivity contribution in [1.82, 2.24) is 9.55 Å². The number of fused-ring (bicyclic) bond motifs is 1. The Kier molecular flexibility index (Phi) is 5.28. The fourth-order valence-electron chi connectivity index (χ4n) is 2.52. The van der Waals surface area contributed by atoms with E-state index in [9.17, 15) is 4.39 Å². The van der Waals surface area contributed by atoms with E-state index < -0.39 is 5.82 Å². The van der Waals surface area contributed by atoms with Crippen LogP contribution < -0.4 is 0 Å². The molecule has 1 unspecified atom stereocenters. The molecule has 0 fully saturated rings. The van der Waals surface area contributed by atoms with Gasteiger partial charge in [-0.15, -0.1) is 11.6 Å². The van der Waals surface area contributed by atoms with E-state index in [1.165, 1.54) is 6.07 Å². The highest BCUT2D eigenvalue weighted by molar-refractivity contribution is 6.31. The van der Waals surface area contributed by atoms with Crippen LogP contribution in [0.15, 0.2) is 12.1 Å². The first-order chi connectivity index (χ1) is 9.58. The van der Waals surface area contributed by atoms with Gasteiger partial charge in [-0.1, -0.05) is 31.4 Å². The van der Waals surface area contributed by atoms with Gasteiger partial charge >= 0.3 is 0 Å². The summed E-state index contributed by atoms with van der Waals surface area (Å²) in [6.45, 7) is 4.33. The molecule has 0 aliphatic rings. The van der Waals surface area contributed by atoms with E-state index in [4.69, 9.17) is 23.2 Å². The maximum absolute atomic E-state index is 13.6. The molecule has 1 atom stereocenters. The van der Waals surface area contributed by atoms with Crippen molar-refractivity contribution < 1.29 is 4.39 Å². The van der Waals surface area contributed by atoms with Crippen LogP contribution in [0, 0.1) is 5.82 Å². The lowest BCUT2D eigenvalue weighted by atomic mass is 10.1. The van der Waals surface area contributed by atoms with Gasteiger partial charge in [0.1, 0.15) is 11.6 Å². The van der Waals surface area contributed by atoms with Gasteiger partial charge in [0.2, 0.25) is 0 Å². The van der Waals surface area contributed by atoms with Gasteiger partial charge in [0.05, 0.1) is 16.1 Å². The van der Waals surface area contributed by atoms with Gasteiger partial charge in [0, 0.05) is 24.4 Å². The number of halogens is 3. The van der Waals surface area contributed by atoms with E-state index in [2.05, 4.69) is 23.4 Å². The number of nitrogens with zero attached hydrogens (tertiary/aromatic N) is 2. The molecular weight excluding hydrogens is 298 g/mol. The third kappa shape index (κ3) is 3.09. The summed E-state index contributed by atoms with van der Waals surface area (Å²) < 4.78 is 15.7. The molecule has 0 saturated carbocycles. The van der Waals surface area contributed by atoms with E-state index in [1.54, 1.807) is 6.07 Å². The first-order valence-corrected chi connectivity index (χ1v) is 7.91. The topological polar surface area (TPSA) is 17.8 Å². The van der Waals surface area contributed by atoms with Gasteiger partial charge in [0.15, 0.2) is 0 Å². The fraction of sp³-hybridized carbons (Fsp3) is 0.533. The molecular formula is C15H19Cl2FN2. The molecule has 2 aromatic rings. The molecule has 0 aliphatic heterocycles. The number of aryl methyl sites for hydroxylation is 1. The van der Waals surface area contributed by atoms with Crippen molar-refractivity contribution in [3.63, 3.8) is 0 Å². The minimum Gasteiger partial charge on any atom is -0.325 e. The van der Waals surface area contributed by atoms with Crippen molar-refractivity contribution in [2.24, 2.45) is 0 Å². The summed E-state index contributed by atoms with van der Waals surface area (Å²) in [7, 11) is 0. The molecule has 1 heterocycles. The third-order valence-electron chi connectivity index (χ3n) is 3.54. The Hall–Kier alpha value is -0.800. The Balaban J connectivity index is 2.52. The molecule has 0 radical (unpaired) electrons. The van der Waals surface area contributed by atoms with Crippen LogP contribution in [-0.4, -0.2) is 15.4 Å². The Morgan fingerprint density at radius 2 is 2.15 bits per heavy atom. The zero-order chi connectivity index (χ0) is 14.7. The second kappa shape index (κ2) is 6.77. The summed E-state index contributed by atoms with van der Waals surface area (Å²) in [6.07, 6.45) is 4.03. The largest absolute Gasteiger partial charge is 0.325 e. The van der Waals surface area contributed by atoms with Crippen LogP contribution in [0.25, 0.3) is 11.0 Å². The van der Waals surface area contributed by atoms with E-state index in [0.29, 0.717) is 23.9 Å².